The molecule has 1 atom stereocenters. The van der Waals surface area contributed by atoms with Crippen molar-refractivity contribution >= 4 is 11.0 Å². The molecule has 102 valence electrons. The molecule has 0 bridgehead atoms. The quantitative estimate of drug-likeness (QED) is 0.716. The molecule has 3 N–H and O–H groups in total. The monoisotopic (exact) mass is 261 g/mol. The van der Waals surface area contributed by atoms with Crippen LogP contribution in [0.1, 0.15) is 38.3 Å². The van der Waals surface area contributed by atoms with Crippen LogP contribution < -0.4 is 16.4 Å². The standard InChI is InChI=1S/C14H19N3O2/c1-3-7-15-10(4-2)9-5-6-11-12(8-9)17-14(19)13(18)16-11/h5-6,8,10,15H,3-4,7H2,1-2H3,(H,16,18)(H,17,19). The lowest BCUT2D eigenvalue weighted by Gasteiger charge is -2.17. The van der Waals surface area contributed by atoms with Gasteiger partial charge >= 0.3 is 11.1 Å². The molecule has 2 aromatic rings. The number of aromatic nitrogens is 2. The Kier molecular flexibility index (Phi) is 4.16. The lowest BCUT2D eigenvalue weighted by atomic mass is 10.0. The Hall–Kier alpha value is -1.88. The number of nitrogens with one attached hydrogen (secondary N) is 3. The third kappa shape index (κ3) is 2.93. The van der Waals surface area contributed by atoms with E-state index in [2.05, 4.69) is 29.1 Å². The summed E-state index contributed by atoms with van der Waals surface area (Å²) in [4.78, 5) is 27.8. The first-order valence-electron chi connectivity index (χ1n) is 6.65. The van der Waals surface area contributed by atoms with E-state index in [1.807, 2.05) is 18.2 Å². The summed E-state index contributed by atoms with van der Waals surface area (Å²) in [5.41, 5.74) is 1.21. The van der Waals surface area contributed by atoms with E-state index in [1.54, 1.807) is 0 Å². The van der Waals surface area contributed by atoms with Crippen LogP contribution in [0.5, 0.6) is 0 Å². The van der Waals surface area contributed by atoms with Crippen LogP contribution in [0.4, 0.5) is 0 Å². The Morgan fingerprint density at radius 3 is 2.42 bits per heavy atom. The number of rotatable bonds is 5. The van der Waals surface area contributed by atoms with Gasteiger partial charge in [0.05, 0.1) is 11.0 Å². The van der Waals surface area contributed by atoms with E-state index in [4.69, 9.17) is 0 Å². The first-order valence-corrected chi connectivity index (χ1v) is 6.65. The number of fused-ring (bicyclic) bond motifs is 1. The Morgan fingerprint density at radius 2 is 1.79 bits per heavy atom. The second-order valence-electron chi connectivity index (χ2n) is 4.63. The van der Waals surface area contributed by atoms with Gasteiger partial charge in [0.2, 0.25) is 0 Å². The van der Waals surface area contributed by atoms with Crippen LogP contribution in [0.25, 0.3) is 11.0 Å². The van der Waals surface area contributed by atoms with Gasteiger partial charge in [0.25, 0.3) is 0 Å². The van der Waals surface area contributed by atoms with Crippen LogP contribution in [0, 0.1) is 0 Å². The summed E-state index contributed by atoms with van der Waals surface area (Å²) < 4.78 is 0. The van der Waals surface area contributed by atoms with E-state index in [0.717, 1.165) is 24.9 Å². The summed E-state index contributed by atoms with van der Waals surface area (Å²) in [5, 5.41) is 3.46. The van der Waals surface area contributed by atoms with Gasteiger partial charge in [0, 0.05) is 6.04 Å². The largest absolute Gasteiger partial charge is 0.316 e. The Bertz CT molecular complexity index is 672. The summed E-state index contributed by atoms with van der Waals surface area (Å²) in [7, 11) is 0. The predicted molar refractivity (Wildman–Crippen MR) is 76.5 cm³/mol. The molecule has 0 saturated heterocycles. The maximum atomic E-state index is 11.3. The van der Waals surface area contributed by atoms with Gasteiger partial charge in [-0.1, -0.05) is 19.9 Å². The van der Waals surface area contributed by atoms with E-state index in [0.29, 0.717) is 11.0 Å². The van der Waals surface area contributed by atoms with Crippen molar-refractivity contribution < 1.29 is 0 Å². The highest BCUT2D eigenvalue weighted by atomic mass is 16.2. The molecule has 5 nitrogen and oxygen atoms in total. The topological polar surface area (TPSA) is 77.8 Å². The summed E-state index contributed by atoms with van der Waals surface area (Å²) in [6, 6.07) is 6.00. The molecule has 19 heavy (non-hydrogen) atoms. The molecule has 5 heteroatoms. The molecule has 0 saturated carbocycles. The van der Waals surface area contributed by atoms with Crippen LogP contribution >= 0.6 is 0 Å². The summed E-state index contributed by atoms with van der Waals surface area (Å²) in [6.45, 7) is 5.20. The molecule has 0 aliphatic rings. The zero-order valence-electron chi connectivity index (χ0n) is 11.2. The van der Waals surface area contributed by atoms with Crippen LogP contribution in [-0.4, -0.2) is 16.5 Å². The molecule has 2 rings (SSSR count). The van der Waals surface area contributed by atoms with Crippen LogP contribution in [0.2, 0.25) is 0 Å². The van der Waals surface area contributed by atoms with Crippen molar-refractivity contribution in [3.63, 3.8) is 0 Å². The zero-order valence-corrected chi connectivity index (χ0v) is 11.2. The summed E-state index contributed by atoms with van der Waals surface area (Å²) in [6.07, 6.45) is 2.05. The maximum Gasteiger partial charge on any atom is 0.314 e. The van der Waals surface area contributed by atoms with E-state index < -0.39 is 11.1 Å². The first-order chi connectivity index (χ1) is 9.15. The number of H-pyrrole nitrogens is 2. The van der Waals surface area contributed by atoms with Gasteiger partial charge in [-0.2, -0.15) is 0 Å². The minimum atomic E-state index is -0.614. The normalized spacial score (nSPS) is 12.7. The van der Waals surface area contributed by atoms with Gasteiger partial charge in [0.1, 0.15) is 0 Å². The zero-order chi connectivity index (χ0) is 13.8. The van der Waals surface area contributed by atoms with Crippen molar-refractivity contribution in [3.8, 4) is 0 Å². The summed E-state index contributed by atoms with van der Waals surface area (Å²) in [5.74, 6) is 0. The van der Waals surface area contributed by atoms with Gasteiger partial charge < -0.3 is 15.3 Å². The lowest BCUT2D eigenvalue weighted by molar-refractivity contribution is 0.519. The summed E-state index contributed by atoms with van der Waals surface area (Å²) >= 11 is 0. The minimum Gasteiger partial charge on any atom is -0.316 e. The van der Waals surface area contributed by atoms with Gasteiger partial charge in [-0.15, -0.1) is 0 Å². The molecular weight excluding hydrogens is 242 g/mol. The van der Waals surface area contributed by atoms with Crippen LogP contribution in [-0.2, 0) is 0 Å². The smallest absolute Gasteiger partial charge is 0.314 e. The van der Waals surface area contributed by atoms with Crippen molar-refractivity contribution in [1.82, 2.24) is 15.3 Å². The molecule has 0 radical (unpaired) electrons. The third-order valence-corrected chi connectivity index (χ3v) is 3.20. The Labute approximate surface area is 111 Å². The molecule has 1 unspecified atom stereocenters. The van der Waals surface area contributed by atoms with E-state index >= 15 is 0 Å². The van der Waals surface area contributed by atoms with Crippen molar-refractivity contribution in [1.29, 1.82) is 0 Å². The maximum absolute atomic E-state index is 11.3. The average molecular weight is 261 g/mol. The highest BCUT2D eigenvalue weighted by Crippen LogP contribution is 2.19. The second-order valence-corrected chi connectivity index (χ2v) is 4.63. The van der Waals surface area contributed by atoms with Gasteiger partial charge in [-0.3, -0.25) is 9.59 Å². The Morgan fingerprint density at radius 1 is 1.11 bits per heavy atom. The molecule has 0 fully saturated rings. The van der Waals surface area contributed by atoms with Gasteiger partial charge in [-0.05, 0) is 37.1 Å². The number of benzene rings is 1. The highest BCUT2D eigenvalue weighted by molar-refractivity contribution is 5.74. The van der Waals surface area contributed by atoms with Crippen molar-refractivity contribution in [2.45, 2.75) is 32.7 Å². The average Bonchev–Trinajstić information content (AvgIpc) is 2.41. The molecule has 0 aliphatic heterocycles. The van der Waals surface area contributed by atoms with Gasteiger partial charge in [-0.25, -0.2) is 0 Å². The number of hydrogen-bond donors (Lipinski definition) is 3. The van der Waals surface area contributed by atoms with Crippen LogP contribution in [0.3, 0.4) is 0 Å². The molecule has 1 aromatic heterocycles. The molecule has 0 spiro atoms. The SMILES string of the molecule is CCCNC(CC)c1ccc2[nH]c(=O)c(=O)[nH]c2c1. The van der Waals surface area contributed by atoms with Crippen molar-refractivity contribution in [3.05, 3.63) is 44.5 Å². The molecular formula is C14H19N3O2. The molecule has 0 amide bonds. The minimum absolute atomic E-state index is 0.264. The fraction of sp³-hybridized carbons (Fsp3) is 0.429. The first kappa shape index (κ1) is 13.5. The lowest BCUT2D eigenvalue weighted by Crippen LogP contribution is -2.29. The molecule has 0 aliphatic carbocycles. The number of hydrogen-bond acceptors (Lipinski definition) is 3. The van der Waals surface area contributed by atoms with Crippen LogP contribution in [0.15, 0.2) is 27.8 Å². The third-order valence-electron chi connectivity index (χ3n) is 3.20. The van der Waals surface area contributed by atoms with Crippen molar-refractivity contribution in [2.24, 2.45) is 0 Å². The van der Waals surface area contributed by atoms with Gasteiger partial charge in [0.15, 0.2) is 0 Å². The molecule has 1 heterocycles. The number of aromatic amines is 2. The fourth-order valence-corrected chi connectivity index (χ4v) is 2.17. The Balaban J connectivity index is 2.42. The van der Waals surface area contributed by atoms with E-state index in [9.17, 15) is 9.59 Å². The van der Waals surface area contributed by atoms with E-state index in [1.165, 1.54) is 0 Å². The fourth-order valence-electron chi connectivity index (χ4n) is 2.17. The molecule has 1 aromatic carbocycles. The highest BCUT2D eigenvalue weighted by Gasteiger charge is 2.09. The van der Waals surface area contributed by atoms with E-state index in [-0.39, 0.29) is 6.04 Å². The van der Waals surface area contributed by atoms with Crippen molar-refractivity contribution in [2.75, 3.05) is 6.54 Å². The second kappa shape index (κ2) is 5.84. The predicted octanol–water partition coefficient (Wildman–Crippen LogP) is 1.67.